The van der Waals surface area contributed by atoms with E-state index in [1.807, 2.05) is 61.4 Å². The van der Waals surface area contributed by atoms with Crippen LogP contribution in [0.25, 0.3) is 10.6 Å². The summed E-state index contributed by atoms with van der Waals surface area (Å²) in [4.78, 5) is 8.95. The van der Waals surface area contributed by atoms with Crippen LogP contribution in [0.1, 0.15) is 11.4 Å². The first kappa shape index (κ1) is 18.5. The van der Waals surface area contributed by atoms with E-state index in [1.54, 1.807) is 28.9 Å². The van der Waals surface area contributed by atoms with Gasteiger partial charge in [0.05, 0.1) is 17.9 Å². The molecule has 0 spiro atoms. The third-order valence-electron chi connectivity index (χ3n) is 4.08. The van der Waals surface area contributed by atoms with Crippen LogP contribution in [-0.4, -0.2) is 44.0 Å². The lowest BCUT2D eigenvalue weighted by Gasteiger charge is -2.14. The van der Waals surface area contributed by atoms with Crippen LogP contribution < -0.4 is 0 Å². The number of hydrazone groups is 1. The molecule has 0 radical (unpaired) electrons. The average molecular weight is 411 g/mol. The molecule has 0 saturated carbocycles. The average Bonchev–Trinajstić information content (AvgIpc) is 3.43. The highest BCUT2D eigenvalue weighted by Gasteiger charge is 2.13. The van der Waals surface area contributed by atoms with Gasteiger partial charge in [-0.2, -0.15) is 5.10 Å². The lowest BCUT2D eigenvalue weighted by atomic mass is 10.2. The van der Waals surface area contributed by atoms with Crippen LogP contribution in [0.5, 0.6) is 0 Å². The fourth-order valence-corrected chi connectivity index (χ4v) is 3.79. The number of imidazole rings is 1. The summed E-state index contributed by atoms with van der Waals surface area (Å²) in [7, 11) is 3.81. The minimum atomic E-state index is 0.660. The molecule has 1 aromatic carbocycles. The number of rotatable bonds is 5. The molecule has 0 aliphatic rings. The molecule has 0 aliphatic carbocycles. The van der Waals surface area contributed by atoms with Gasteiger partial charge in [0.15, 0.2) is 5.84 Å². The van der Waals surface area contributed by atoms with Gasteiger partial charge in [0.2, 0.25) is 0 Å². The molecule has 6 nitrogen and oxygen atoms in total. The predicted molar refractivity (Wildman–Crippen MR) is 114 cm³/mol. The predicted octanol–water partition coefficient (Wildman–Crippen LogP) is 4.28. The first-order chi connectivity index (χ1) is 13.6. The maximum Gasteiger partial charge on any atom is 0.181 e. The number of benzene rings is 1. The number of halogens is 1. The molecule has 0 N–H and O–H groups in total. The maximum atomic E-state index is 5.98. The monoisotopic (exact) mass is 410 g/mol. The lowest BCUT2D eigenvalue weighted by Crippen LogP contribution is -2.20. The number of nitrogens with zero attached hydrogens (tertiary/aromatic N) is 6. The first-order valence-electron chi connectivity index (χ1n) is 8.70. The number of hydrogen-bond donors (Lipinski definition) is 0. The summed E-state index contributed by atoms with van der Waals surface area (Å²) in [6.45, 7) is 0.660. The molecule has 4 aromatic rings. The molecule has 0 aliphatic heterocycles. The van der Waals surface area contributed by atoms with Crippen LogP contribution in [0, 0.1) is 0 Å². The molecule has 3 heterocycles. The van der Waals surface area contributed by atoms with E-state index in [0.717, 1.165) is 32.8 Å². The molecular formula is C20H19ClN6S. The molecule has 0 saturated heterocycles. The van der Waals surface area contributed by atoms with Crippen LogP contribution in [0.15, 0.2) is 71.8 Å². The highest BCUT2D eigenvalue weighted by molar-refractivity contribution is 7.13. The molecule has 0 bridgehead atoms. The number of aromatic nitrogens is 4. The zero-order valence-electron chi connectivity index (χ0n) is 15.5. The summed E-state index contributed by atoms with van der Waals surface area (Å²) >= 11 is 7.61. The molecule has 8 heteroatoms. The van der Waals surface area contributed by atoms with Crippen molar-refractivity contribution in [1.82, 2.24) is 24.1 Å². The van der Waals surface area contributed by atoms with Gasteiger partial charge in [0.1, 0.15) is 11.3 Å². The van der Waals surface area contributed by atoms with Crippen molar-refractivity contribution in [2.24, 2.45) is 5.10 Å². The van der Waals surface area contributed by atoms with Crippen molar-refractivity contribution in [3.8, 4) is 10.6 Å². The van der Waals surface area contributed by atoms with Crippen molar-refractivity contribution >= 4 is 28.8 Å². The molecule has 142 valence electrons. The van der Waals surface area contributed by atoms with Gasteiger partial charge in [-0.25, -0.2) is 9.97 Å². The summed E-state index contributed by atoms with van der Waals surface area (Å²) in [5, 5.41) is 10.2. The Balaban J connectivity index is 1.62. The molecule has 0 fully saturated rings. The first-order valence-corrected chi connectivity index (χ1v) is 9.96. The third-order valence-corrected chi connectivity index (χ3v) is 5.27. The Bertz CT molecular complexity index is 1080. The van der Waals surface area contributed by atoms with E-state index in [0.29, 0.717) is 6.54 Å². The van der Waals surface area contributed by atoms with Crippen molar-refractivity contribution < 1.29 is 0 Å². The van der Waals surface area contributed by atoms with Gasteiger partial charge in [0, 0.05) is 48.7 Å². The van der Waals surface area contributed by atoms with Crippen LogP contribution in [-0.2, 0) is 6.54 Å². The van der Waals surface area contributed by atoms with Crippen molar-refractivity contribution in [3.05, 3.63) is 83.1 Å². The Labute approximate surface area is 172 Å². The maximum absolute atomic E-state index is 5.98. The number of hydrogen-bond acceptors (Lipinski definition) is 5. The highest BCUT2D eigenvalue weighted by atomic mass is 35.5. The molecule has 0 atom stereocenters. The van der Waals surface area contributed by atoms with Crippen molar-refractivity contribution in [2.45, 2.75) is 6.54 Å². The zero-order valence-corrected chi connectivity index (χ0v) is 17.1. The quantitative estimate of drug-likeness (QED) is 0.280. The van der Waals surface area contributed by atoms with Crippen LogP contribution in [0.3, 0.4) is 0 Å². The molecule has 4 rings (SSSR count). The summed E-state index contributed by atoms with van der Waals surface area (Å²) in [5.74, 6) is 0.806. The van der Waals surface area contributed by atoms with E-state index in [1.165, 1.54) is 0 Å². The van der Waals surface area contributed by atoms with Crippen LogP contribution >= 0.6 is 22.9 Å². The Kier molecular flexibility index (Phi) is 5.27. The van der Waals surface area contributed by atoms with Gasteiger partial charge in [-0.1, -0.05) is 23.7 Å². The Morgan fingerprint density at radius 3 is 2.71 bits per heavy atom. The van der Waals surface area contributed by atoms with Crippen molar-refractivity contribution in [2.75, 3.05) is 14.1 Å². The normalized spacial score (nSPS) is 11.8. The van der Waals surface area contributed by atoms with Crippen LogP contribution in [0.2, 0.25) is 5.02 Å². The van der Waals surface area contributed by atoms with Gasteiger partial charge >= 0.3 is 0 Å². The topological polar surface area (TPSA) is 51.2 Å². The van der Waals surface area contributed by atoms with Crippen molar-refractivity contribution in [3.63, 3.8) is 0 Å². The lowest BCUT2D eigenvalue weighted by molar-refractivity contribution is 0.435. The molecular weight excluding hydrogens is 392 g/mol. The Hall–Kier alpha value is -2.90. The van der Waals surface area contributed by atoms with Gasteiger partial charge < -0.3 is 9.58 Å². The molecule has 0 unspecified atom stereocenters. The smallest absolute Gasteiger partial charge is 0.181 e. The second-order valence-electron chi connectivity index (χ2n) is 6.41. The summed E-state index contributed by atoms with van der Waals surface area (Å²) in [6.07, 6.45) is 7.43. The van der Waals surface area contributed by atoms with Crippen LogP contribution in [0.4, 0.5) is 0 Å². The minimum Gasteiger partial charge on any atom is -0.339 e. The Morgan fingerprint density at radius 1 is 1.18 bits per heavy atom. The second-order valence-corrected chi connectivity index (χ2v) is 7.71. The van der Waals surface area contributed by atoms with Gasteiger partial charge in [-0.15, -0.1) is 11.3 Å². The fraction of sp³-hybridized carbons (Fsp3) is 0.150. The second kappa shape index (κ2) is 8.00. The largest absolute Gasteiger partial charge is 0.339 e. The van der Waals surface area contributed by atoms with Gasteiger partial charge in [0.25, 0.3) is 0 Å². The molecule has 28 heavy (non-hydrogen) atoms. The van der Waals surface area contributed by atoms with E-state index in [4.69, 9.17) is 16.6 Å². The van der Waals surface area contributed by atoms with E-state index in [-0.39, 0.29) is 0 Å². The number of thiazole rings is 1. The third kappa shape index (κ3) is 4.00. The molecule has 0 amide bonds. The summed E-state index contributed by atoms with van der Waals surface area (Å²) < 4.78 is 4.05. The van der Waals surface area contributed by atoms with E-state index in [9.17, 15) is 0 Å². The molecule has 3 aromatic heterocycles. The van der Waals surface area contributed by atoms with Gasteiger partial charge in [-0.05, 0) is 24.3 Å². The van der Waals surface area contributed by atoms with E-state index < -0.39 is 0 Å². The van der Waals surface area contributed by atoms with Gasteiger partial charge in [-0.3, -0.25) is 4.57 Å². The fourth-order valence-electron chi connectivity index (χ4n) is 2.84. The van der Waals surface area contributed by atoms with E-state index >= 15 is 0 Å². The minimum absolute atomic E-state index is 0.660. The Morgan fingerprint density at radius 2 is 2.00 bits per heavy atom. The highest BCUT2D eigenvalue weighted by Crippen LogP contribution is 2.25. The summed E-state index contributed by atoms with van der Waals surface area (Å²) in [5.41, 5.74) is 3.07. The SMILES string of the molecule is CN(C)N=C(c1cccn1Cc1csc(-c2ccc(Cl)cc2)n1)n1ccnc1. The summed E-state index contributed by atoms with van der Waals surface area (Å²) in [6, 6.07) is 11.8. The van der Waals surface area contributed by atoms with E-state index in [2.05, 4.69) is 26.1 Å². The standard InChI is InChI=1S/C20H19ClN6S/c1-25(2)24-19(27-11-9-22-14-27)18-4-3-10-26(18)12-17-13-28-20(23-17)15-5-7-16(21)8-6-15/h3-11,13-14H,12H2,1-2H3. The van der Waals surface area contributed by atoms with Crippen molar-refractivity contribution in [1.29, 1.82) is 0 Å². The zero-order chi connectivity index (χ0) is 19.5.